The molecule has 0 spiro atoms. The maximum atomic E-state index is 6.19. The van der Waals surface area contributed by atoms with E-state index in [0.717, 1.165) is 61.2 Å². The molecule has 0 fully saturated rings. The minimum atomic E-state index is 0.908. The van der Waals surface area contributed by atoms with Crippen LogP contribution in [0.2, 0.25) is 0 Å². The van der Waals surface area contributed by atoms with Crippen molar-refractivity contribution >= 4 is 76.1 Å². The summed E-state index contributed by atoms with van der Waals surface area (Å²) in [5.41, 5.74) is 14.0. The van der Waals surface area contributed by atoms with Crippen molar-refractivity contribution in [3.8, 4) is 50.5 Å². The lowest BCUT2D eigenvalue weighted by Gasteiger charge is -2.15. The fourth-order valence-electron chi connectivity index (χ4n) is 9.80. The van der Waals surface area contributed by atoms with Gasteiger partial charge in [-0.25, -0.2) is 4.98 Å². The van der Waals surface area contributed by atoms with E-state index in [1.165, 1.54) is 65.3 Å². The molecule has 288 valence electrons. The fourth-order valence-corrected chi connectivity index (χ4v) is 9.80. The molecule has 0 radical (unpaired) electrons. The Kier molecular flexibility index (Phi) is 7.60. The predicted octanol–water partition coefficient (Wildman–Crippen LogP) is 16.2. The van der Waals surface area contributed by atoms with Crippen LogP contribution in [-0.4, -0.2) is 9.55 Å². The fraction of sp³-hybridized carbons (Fsp3) is 0. The highest BCUT2D eigenvalue weighted by molar-refractivity contribution is 6.29. The maximum absolute atomic E-state index is 6.19. The number of furan rings is 1. The van der Waals surface area contributed by atoms with Gasteiger partial charge >= 0.3 is 0 Å². The molecule has 0 aliphatic heterocycles. The second-order valence-electron chi connectivity index (χ2n) is 16.3. The second-order valence-corrected chi connectivity index (χ2v) is 16.3. The summed E-state index contributed by atoms with van der Waals surface area (Å²) in [7, 11) is 0. The average Bonchev–Trinajstić information content (AvgIpc) is 3.88. The van der Waals surface area contributed by atoms with Crippen molar-refractivity contribution in [1.29, 1.82) is 0 Å². The van der Waals surface area contributed by atoms with E-state index in [9.17, 15) is 0 Å². The van der Waals surface area contributed by atoms with Gasteiger partial charge in [0.05, 0.1) is 28.1 Å². The summed E-state index contributed by atoms with van der Waals surface area (Å²) in [5.74, 6) is 0. The number of hydrogen-bond donors (Lipinski definition) is 0. The highest BCUT2D eigenvalue weighted by Gasteiger charge is 2.20. The molecule has 0 bridgehead atoms. The van der Waals surface area contributed by atoms with Crippen molar-refractivity contribution in [3.05, 3.63) is 218 Å². The molecule has 0 aliphatic carbocycles. The molecular formula is C59H36N2O. The van der Waals surface area contributed by atoms with Crippen molar-refractivity contribution in [1.82, 2.24) is 9.55 Å². The van der Waals surface area contributed by atoms with Gasteiger partial charge in [-0.3, -0.25) is 0 Å². The highest BCUT2D eigenvalue weighted by Crippen LogP contribution is 2.44. The van der Waals surface area contributed by atoms with E-state index >= 15 is 0 Å². The summed E-state index contributed by atoms with van der Waals surface area (Å²) >= 11 is 0. The molecule has 0 N–H and O–H groups in total. The first-order valence-corrected chi connectivity index (χ1v) is 21.2. The zero-order valence-electron chi connectivity index (χ0n) is 33.6. The van der Waals surface area contributed by atoms with Crippen molar-refractivity contribution in [2.75, 3.05) is 0 Å². The molecule has 0 aliphatic rings. The molecule has 13 aromatic rings. The van der Waals surface area contributed by atoms with E-state index in [1.54, 1.807) is 0 Å². The lowest BCUT2D eigenvalue weighted by molar-refractivity contribution is 0.669. The summed E-state index contributed by atoms with van der Waals surface area (Å²) < 4.78 is 8.65. The van der Waals surface area contributed by atoms with Crippen molar-refractivity contribution < 1.29 is 4.42 Å². The van der Waals surface area contributed by atoms with Crippen LogP contribution in [-0.2, 0) is 0 Å². The van der Waals surface area contributed by atoms with Crippen LogP contribution >= 0.6 is 0 Å². The Morgan fingerprint density at radius 2 is 0.742 bits per heavy atom. The van der Waals surface area contributed by atoms with Gasteiger partial charge in [-0.2, -0.15) is 0 Å². The zero-order chi connectivity index (χ0) is 40.7. The van der Waals surface area contributed by atoms with Gasteiger partial charge in [-0.15, -0.1) is 0 Å². The van der Waals surface area contributed by atoms with Crippen LogP contribution in [0.3, 0.4) is 0 Å². The van der Waals surface area contributed by atoms with Gasteiger partial charge in [-0.1, -0.05) is 158 Å². The Bertz CT molecular complexity index is 3840. The van der Waals surface area contributed by atoms with Gasteiger partial charge in [0, 0.05) is 32.7 Å². The Morgan fingerprint density at radius 1 is 0.274 bits per heavy atom. The summed E-state index contributed by atoms with van der Waals surface area (Å²) in [6.45, 7) is 0. The summed E-state index contributed by atoms with van der Waals surface area (Å²) in [6.07, 6.45) is 0. The topological polar surface area (TPSA) is 31.0 Å². The molecule has 0 saturated heterocycles. The zero-order valence-corrected chi connectivity index (χ0v) is 33.6. The van der Waals surface area contributed by atoms with Crippen LogP contribution in [0.5, 0.6) is 0 Å². The van der Waals surface area contributed by atoms with Crippen LogP contribution in [0.25, 0.3) is 127 Å². The van der Waals surface area contributed by atoms with Gasteiger partial charge in [0.1, 0.15) is 11.2 Å². The predicted molar refractivity (Wildman–Crippen MR) is 260 cm³/mol. The van der Waals surface area contributed by atoms with Crippen LogP contribution < -0.4 is 0 Å². The number of rotatable bonds is 5. The van der Waals surface area contributed by atoms with Gasteiger partial charge in [0.25, 0.3) is 0 Å². The largest absolute Gasteiger partial charge is 0.456 e. The molecule has 3 heteroatoms. The maximum Gasteiger partial charge on any atom is 0.135 e. The molecule has 10 aromatic carbocycles. The van der Waals surface area contributed by atoms with Gasteiger partial charge in [0.15, 0.2) is 0 Å². The third-order valence-corrected chi connectivity index (χ3v) is 12.7. The Balaban J connectivity index is 1.10. The lowest BCUT2D eigenvalue weighted by Crippen LogP contribution is -1.98. The average molecular weight is 789 g/mol. The SMILES string of the molecule is c1ccc(-c2ccc3c(c2)c2cc4c5ccc(-c6ccc7oc8ccccc8c7c6)cc5c5ccccc5c4cc2n3-c2cc(-c3ccccc3)nc(-c3ccccc3)c2)cc1. The van der Waals surface area contributed by atoms with Crippen LogP contribution in [0, 0.1) is 0 Å². The molecule has 0 saturated carbocycles. The molecule has 62 heavy (non-hydrogen) atoms. The van der Waals surface area contributed by atoms with E-state index < -0.39 is 0 Å². The molecule has 0 atom stereocenters. The number of pyridine rings is 1. The molecule has 3 nitrogen and oxygen atoms in total. The number of nitrogens with zero attached hydrogens (tertiary/aromatic N) is 2. The third-order valence-electron chi connectivity index (χ3n) is 12.7. The molecular weight excluding hydrogens is 753 g/mol. The first kappa shape index (κ1) is 34.6. The highest BCUT2D eigenvalue weighted by atomic mass is 16.3. The summed E-state index contributed by atoms with van der Waals surface area (Å²) in [6, 6.07) is 78.8. The normalized spacial score (nSPS) is 11.9. The van der Waals surface area contributed by atoms with E-state index in [-0.39, 0.29) is 0 Å². The lowest BCUT2D eigenvalue weighted by atomic mass is 9.91. The minimum Gasteiger partial charge on any atom is -0.456 e. The molecule has 0 unspecified atom stereocenters. The summed E-state index contributed by atoms with van der Waals surface area (Å²) in [5, 5.41) is 12.1. The van der Waals surface area contributed by atoms with E-state index in [4.69, 9.17) is 9.40 Å². The molecule has 0 amide bonds. The number of fused-ring (bicyclic) bond motifs is 12. The van der Waals surface area contributed by atoms with Crippen LogP contribution in [0.15, 0.2) is 223 Å². The number of aromatic nitrogens is 2. The van der Waals surface area contributed by atoms with Crippen molar-refractivity contribution in [2.45, 2.75) is 0 Å². The Morgan fingerprint density at radius 3 is 1.44 bits per heavy atom. The van der Waals surface area contributed by atoms with E-state index in [2.05, 4.69) is 211 Å². The number of benzene rings is 10. The minimum absolute atomic E-state index is 0.908. The second kappa shape index (κ2) is 13.6. The van der Waals surface area contributed by atoms with Crippen LogP contribution in [0.4, 0.5) is 0 Å². The Labute approximate surface area is 357 Å². The van der Waals surface area contributed by atoms with E-state index in [1.807, 2.05) is 12.1 Å². The first-order valence-electron chi connectivity index (χ1n) is 21.2. The monoisotopic (exact) mass is 788 g/mol. The van der Waals surface area contributed by atoms with Crippen molar-refractivity contribution in [3.63, 3.8) is 0 Å². The smallest absolute Gasteiger partial charge is 0.135 e. The van der Waals surface area contributed by atoms with Crippen molar-refractivity contribution in [2.24, 2.45) is 0 Å². The Hall–Kier alpha value is -8.27. The molecule has 3 aromatic heterocycles. The quantitative estimate of drug-likeness (QED) is 0.163. The first-order chi connectivity index (χ1) is 30.7. The third kappa shape index (κ3) is 5.42. The number of para-hydroxylation sites is 1. The molecule has 3 heterocycles. The molecule has 13 rings (SSSR count). The van der Waals surface area contributed by atoms with Crippen LogP contribution in [0.1, 0.15) is 0 Å². The standard InChI is InChI=1S/C59H36N2O/c1-4-14-37(15-5-1)40-25-28-56-51(31-40)52-35-49-46-27-24-41(42-26-29-59-53(32-42)47-22-12-13-23-58(47)62-59)30-48(46)44-20-10-11-21-45(44)50(49)36-57(52)61(56)43-33-54(38-16-6-2-7-17-38)60-55(34-43)39-18-8-3-9-19-39/h1-36H. The number of hydrogen-bond acceptors (Lipinski definition) is 2. The van der Waals surface area contributed by atoms with E-state index in [0.29, 0.717) is 0 Å². The summed E-state index contributed by atoms with van der Waals surface area (Å²) in [4.78, 5) is 5.26. The van der Waals surface area contributed by atoms with Gasteiger partial charge in [0.2, 0.25) is 0 Å². The van der Waals surface area contributed by atoms with Gasteiger partial charge in [-0.05, 0) is 115 Å². The van der Waals surface area contributed by atoms with Gasteiger partial charge < -0.3 is 8.98 Å².